The predicted molar refractivity (Wildman–Crippen MR) is 151 cm³/mol. The van der Waals surface area contributed by atoms with Gasteiger partial charge in [0.2, 0.25) is 0 Å². The third kappa shape index (κ3) is 5.73. The zero-order chi connectivity index (χ0) is 28.6. The number of amides is 1. The highest BCUT2D eigenvalue weighted by Crippen LogP contribution is 2.23. The molecule has 5 rings (SSSR count). The molecule has 1 amide bonds. The number of piperazine rings is 1. The van der Waals surface area contributed by atoms with Crippen LogP contribution < -0.4 is 15.9 Å². The molecule has 1 aromatic carbocycles. The summed E-state index contributed by atoms with van der Waals surface area (Å²) in [6.45, 7) is 7.02. The number of carbonyl (C=O) groups excluding carboxylic acids is 1. The Hall–Kier alpha value is -3.77. The van der Waals surface area contributed by atoms with E-state index in [0.29, 0.717) is 54.0 Å². The molecule has 4 heterocycles. The molecule has 1 aliphatic heterocycles. The van der Waals surface area contributed by atoms with Crippen molar-refractivity contribution in [2.75, 3.05) is 43.0 Å². The third-order valence-corrected chi connectivity index (χ3v) is 6.77. The van der Waals surface area contributed by atoms with E-state index in [2.05, 4.69) is 25.3 Å². The maximum atomic E-state index is 14.8. The summed E-state index contributed by atoms with van der Waals surface area (Å²) in [5, 5.41) is 5.38. The lowest BCUT2D eigenvalue weighted by Crippen LogP contribution is -2.56. The van der Waals surface area contributed by atoms with E-state index < -0.39 is 23.1 Å². The van der Waals surface area contributed by atoms with Crippen LogP contribution in [0.2, 0.25) is 10.2 Å². The normalized spacial score (nSPS) is 14.2. The van der Waals surface area contributed by atoms with Crippen LogP contribution in [-0.4, -0.2) is 73.9 Å². The molecule has 210 valence electrons. The summed E-state index contributed by atoms with van der Waals surface area (Å²) in [5.41, 5.74) is -0.102. The number of nitrogens with zero attached hydrogens (tertiary/aromatic N) is 7. The van der Waals surface area contributed by atoms with E-state index in [0.717, 1.165) is 0 Å². The molecule has 11 nitrogen and oxygen atoms in total. The van der Waals surface area contributed by atoms with E-state index in [9.17, 15) is 14.0 Å². The van der Waals surface area contributed by atoms with Crippen LogP contribution in [0.25, 0.3) is 21.9 Å². The summed E-state index contributed by atoms with van der Waals surface area (Å²) in [6, 6.07) is 5.91. The van der Waals surface area contributed by atoms with Crippen LogP contribution in [0.4, 0.5) is 15.0 Å². The summed E-state index contributed by atoms with van der Waals surface area (Å²) in [4.78, 5) is 45.2. The van der Waals surface area contributed by atoms with Gasteiger partial charge in [-0.2, -0.15) is 0 Å². The Morgan fingerprint density at radius 3 is 2.52 bits per heavy atom. The second kappa shape index (κ2) is 11.0. The first-order chi connectivity index (χ1) is 19.0. The summed E-state index contributed by atoms with van der Waals surface area (Å²) in [7, 11) is 0. The van der Waals surface area contributed by atoms with Crippen LogP contribution in [0, 0.1) is 5.82 Å². The van der Waals surface area contributed by atoms with Crippen LogP contribution in [-0.2, 0) is 11.2 Å². The van der Waals surface area contributed by atoms with Crippen LogP contribution in [0.3, 0.4) is 0 Å². The highest BCUT2D eigenvalue weighted by atomic mass is 35.5. The lowest BCUT2D eigenvalue weighted by Gasteiger charge is -2.37. The lowest BCUT2D eigenvalue weighted by molar-refractivity contribution is 0.0231. The lowest BCUT2D eigenvalue weighted by atomic mass is 10.2. The number of rotatable bonds is 5. The smallest absolute Gasteiger partial charge is 0.410 e. The molecule has 4 aromatic rings. The molecular formula is C26H27Cl2FN8O3. The van der Waals surface area contributed by atoms with Crippen molar-refractivity contribution in [3.8, 4) is 0 Å². The topological polar surface area (TPSA) is 118 Å². The van der Waals surface area contributed by atoms with Gasteiger partial charge in [-0.1, -0.05) is 23.2 Å². The van der Waals surface area contributed by atoms with Crippen molar-refractivity contribution >= 4 is 57.0 Å². The van der Waals surface area contributed by atoms with E-state index in [4.69, 9.17) is 27.9 Å². The number of pyridine rings is 1. The molecule has 0 bridgehead atoms. The number of hydrogen-bond acceptors (Lipinski definition) is 9. The Bertz CT molecular complexity index is 1650. The molecule has 1 N–H and O–H groups in total. The van der Waals surface area contributed by atoms with Crippen molar-refractivity contribution in [1.29, 1.82) is 0 Å². The minimum atomic E-state index is -0.645. The van der Waals surface area contributed by atoms with Crippen molar-refractivity contribution in [3.63, 3.8) is 0 Å². The van der Waals surface area contributed by atoms with Crippen LogP contribution in [0.5, 0.6) is 0 Å². The predicted octanol–water partition coefficient (Wildman–Crippen LogP) is 4.02. The number of anilines is 1. The summed E-state index contributed by atoms with van der Waals surface area (Å²) >= 11 is 12.4. The fraction of sp³-hybridized carbons (Fsp3) is 0.385. The molecule has 3 aromatic heterocycles. The molecule has 1 aliphatic rings. The van der Waals surface area contributed by atoms with Gasteiger partial charge in [-0.25, -0.2) is 33.8 Å². The van der Waals surface area contributed by atoms with Crippen LogP contribution in [0.15, 0.2) is 35.4 Å². The summed E-state index contributed by atoms with van der Waals surface area (Å²) in [5.74, 6) is 0.136. The first kappa shape index (κ1) is 27.8. The molecule has 0 aliphatic carbocycles. The molecule has 14 heteroatoms. The molecule has 0 spiro atoms. The van der Waals surface area contributed by atoms with E-state index in [-0.39, 0.29) is 28.9 Å². The van der Waals surface area contributed by atoms with Crippen LogP contribution >= 0.6 is 23.2 Å². The number of fused-ring (bicyclic) bond motifs is 2. The molecule has 0 atom stereocenters. The largest absolute Gasteiger partial charge is 0.444 e. The first-order valence-corrected chi connectivity index (χ1v) is 13.4. The number of benzene rings is 1. The highest BCUT2D eigenvalue weighted by Gasteiger charge is 2.28. The third-order valence-electron chi connectivity index (χ3n) is 6.25. The monoisotopic (exact) mass is 588 g/mol. The Balaban J connectivity index is 1.44. The Morgan fingerprint density at radius 2 is 1.80 bits per heavy atom. The van der Waals surface area contributed by atoms with Crippen molar-refractivity contribution in [2.24, 2.45) is 0 Å². The number of carbonyl (C=O) groups is 1. The number of ether oxygens (including phenoxy) is 1. The fourth-order valence-corrected chi connectivity index (χ4v) is 4.83. The van der Waals surface area contributed by atoms with Gasteiger partial charge < -0.3 is 20.0 Å². The van der Waals surface area contributed by atoms with Gasteiger partial charge in [0.15, 0.2) is 5.82 Å². The van der Waals surface area contributed by atoms with Gasteiger partial charge in [-0.3, -0.25) is 4.79 Å². The van der Waals surface area contributed by atoms with E-state index >= 15 is 0 Å². The van der Waals surface area contributed by atoms with E-state index in [1.54, 1.807) is 42.8 Å². The second-order valence-electron chi connectivity index (χ2n) is 10.2. The molecule has 0 saturated carbocycles. The fourth-order valence-electron chi connectivity index (χ4n) is 4.45. The van der Waals surface area contributed by atoms with Crippen LogP contribution in [0.1, 0.15) is 26.6 Å². The molecule has 1 saturated heterocycles. The van der Waals surface area contributed by atoms with Crippen molar-refractivity contribution in [1.82, 2.24) is 29.5 Å². The van der Waals surface area contributed by atoms with E-state index in [1.807, 2.05) is 0 Å². The standard InChI is InChI=1S/C26H27Cl2FN8O3/c1-26(2,3)40-25(39)35-10-12-36(13-11-35)37-19(34-21-16(29)5-4-15(27)20(21)24(37)38)8-9-30-23-22-17(31-14-32-23)6-7-18(28)33-22/h4-7,14H,8-13H2,1-3H3,(H,30,31,32). The minimum absolute atomic E-state index is 0.00594. The van der Waals surface area contributed by atoms with Gasteiger partial charge in [0.25, 0.3) is 5.56 Å². The Kier molecular flexibility index (Phi) is 7.65. The zero-order valence-corrected chi connectivity index (χ0v) is 23.6. The molecule has 1 fully saturated rings. The average molecular weight is 589 g/mol. The van der Waals surface area contributed by atoms with Gasteiger partial charge in [-0.05, 0) is 45.0 Å². The van der Waals surface area contributed by atoms with Crippen molar-refractivity contribution in [3.05, 3.63) is 62.8 Å². The maximum absolute atomic E-state index is 14.8. The zero-order valence-electron chi connectivity index (χ0n) is 22.1. The number of aromatic nitrogens is 5. The molecular weight excluding hydrogens is 562 g/mol. The minimum Gasteiger partial charge on any atom is -0.444 e. The van der Waals surface area contributed by atoms with Gasteiger partial charge in [0.05, 0.1) is 29.0 Å². The number of halogens is 3. The van der Waals surface area contributed by atoms with Crippen molar-refractivity contribution < 1.29 is 13.9 Å². The number of nitrogens with one attached hydrogen (secondary N) is 1. The Morgan fingerprint density at radius 1 is 1.05 bits per heavy atom. The van der Waals surface area contributed by atoms with Gasteiger partial charge in [0, 0.05) is 26.1 Å². The van der Waals surface area contributed by atoms with Gasteiger partial charge in [0.1, 0.15) is 39.8 Å². The number of hydrogen-bond donors (Lipinski definition) is 1. The first-order valence-electron chi connectivity index (χ1n) is 12.7. The second-order valence-corrected chi connectivity index (χ2v) is 11.0. The maximum Gasteiger partial charge on any atom is 0.410 e. The van der Waals surface area contributed by atoms with Gasteiger partial charge >= 0.3 is 6.09 Å². The SMILES string of the molecule is CC(C)(C)OC(=O)N1CCN(n2c(CCNc3ncnc4ccc(Cl)nc34)nc3c(F)ccc(Cl)c3c2=O)CC1. The van der Waals surface area contributed by atoms with Gasteiger partial charge in [-0.15, -0.1) is 0 Å². The molecule has 0 unspecified atom stereocenters. The summed E-state index contributed by atoms with van der Waals surface area (Å²) < 4.78 is 21.7. The molecule has 40 heavy (non-hydrogen) atoms. The average Bonchev–Trinajstić information content (AvgIpc) is 2.90. The Labute approximate surface area is 238 Å². The highest BCUT2D eigenvalue weighted by molar-refractivity contribution is 6.35. The van der Waals surface area contributed by atoms with E-state index in [1.165, 1.54) is 23.1 Å². The quantitative estimate of drug-likeness (QED) is 0.345. The van der Waals surface area contributed by atoms with Crippen molar-refractivity contribution in [2.45, 2.75) is 32.8 Å². The summed E-state index contributed by atoms with van der Waals surface area (Å²) in [6.07, 6.45) is 1.22. The molecule has 0 radical (unpaired) electrons.